The molecule has 0 aromatic carbocycles. The summed E-state index contributed by atoms with van der Waals surface area (Å²) < 4.78 is 6.09. The molecule has 0 saturated heterocycles. The number of hydrogen-bond donors (Lipinski definition) is 1. The van der Waals surface area contributed by atoms with Crippen molar-refractivity contribution >= 4 is 5.95 Å². The van der Waals surface area contributed by atoms with Gasteiger partial charge in [0.15, 0.2) is 0 Å². The summed E-state index contributed by atoms with van der Waals surface area (Å²) >= 11 is 0. The van der Waals surface area contributed by atoms with Gasteiger partial charge in [0.1, 0.15) is 6.10 Å². The number of aryl methyl sites for hydroxylation is 1. The van der Waals surface area contributed by atoms with E-state index in [2.05, 4.69) is 22.2 Å². The maximum atomic E-state index is 6.09. The van der Waals surface area contributed by atoms with E-state index < -0.39 is 0 Å². The second-order valence-electron chi connectivity index (χ2n) is 5.13. The molecule has 0 aliphatic heterocycles. The molecule has 1 N–H and O–H groups in total. The van der Waals surface area contributed by atoms with Crippen LogP contribution in [-0.4, -0.2) is 22.6 Å². The summed E-state index contributed by atoms with van der Waals surface area (Å²) in [6, 6.07) is 0. The lowest BCUT2D eigenvalue weighted by Gasteiger charge is -2.29. The number of ether oxygens (including phenoxy) is 1. The third-order valence-corrected chi connectivity index (χ3v) is 3.56. The van der Waals surface area contributed by atoms with Gasteiger partial charge in [-0.25, -0.2) is 4.98 Å². The smallest absolute Gasteiger partial charge is 0.225 e. The van der Waals surface area contributed by atoms with E-state index in [0.29, 0.717) is 18.0 Å². The molecule has 1 aliphatic carbocycles. The molecule has 0 spiro atoms. The van der Waals surface area contributed by atoms with Crippen molar-refractivity contribution in [3.63, 3.8) is 0 Å². The summed E-state index contributed by atoms with van der Waals surface area (Å²) in [5, 5.41) is 3.12. The molecule has 2 unspecified atom stereocenters. The van der Waals surface area contributed by atoms with E-state index in [0.717, 1.165) is 24.4 Å². The Balaban J connectivity index is 2.09. The first-order valence-electron chi connectivity index (χ1n) is 6.95. The van der Waals surface area contributed by atoms with Crippen molar-refractivity contribution in [3.8, 4) is 5.88 Å². The summed E-state index contributed by atoms with van der Waals surface area (Å²) in [6.07, 6.45) is 7.12. The van der Waals surface area contributed by atoms with Crippen LogP contribution >= 0.6 is 0 Å². The first-order valence-corrected chi connectivity index (χ1v) is 6.95. The molecule has 100 valence electrons. The van der Waals surface area contributed by atoms with E-state index in [4.69, 9.17) is 4.74 Å². The number of hydrogen-bond acceptors (Lipinski definition) is 4. The summed E-state index contributed by atoms with van der Waals surface area (Å²) in [5.74, 6) is 2.01. The van der Waals surface area contributed by atoms with Crippen LogP contribution in [0.5, 0.6) is 5.88 Å². The molecule has 1 fully saturated rings. The first-order chi connectivity index (χ1) is 8.70. The Morgan fingerprint density at radius 2 is 2.17 bits per heavy atom. The zero-order valence-electron chi connectivity index (χ0n) is 11.6. The average Bonchev–Trinajstić information content (AvgIpc) is 2.36. The zero-order valence-corrected chi connectivity index (χ0v) is 11.6. The van der Waals surface area contributed by atoms with E-state index in [1.807, 2.05) is 20.0 Å². The fraction of sp³-hybridized carbons (Fsp3) is 0.714. The first kappa shape index (κ1) is 13.1. The van der Waals surface area contributed by atoms with Crippen LogP contribution in [-0.2, 0) is 0 Å². The second kappa shape index (κ2) is 6.03. The standard InChI is InChI=1S/C14H23N3O/c1-4-15-14-16-9-11(3)13(17-14)18-12-8-6-5-7-10(12)2/h9-10,12H,4-8H2,1-3H3,(H,15,16,17). The third-order valence-electron chi connectivity index (χ3n) is 3.56. The monoisotopic (exact) mass is 249 g/mol. The van der Waals surface area contributed by atoms with Crippen LogP contribution in [0.4, 0.5) is 5.95 Å². The molecule has 18 heavy (non-hydrogen) atoms. The highest BCUT2D eigenvalue weighted by atomic mass is 16.5. The summed E-state index contributed by atoms with van der Waals surface area (Å²) in [7, 11) is 0. The Hall–Kier alpha value is -1.32. The predicted octanol–water partition coefficient (Wildman–Crippen LogP) is 3.17. The van der Waals surface area contributed by atoms with E-state index in [1.165, 1.54) is 19.3 Å². The molecule has 1 saturated carbocycles. The second-order valence-corrected chi connectivity index (χ2v) is 5.13. The Morgan fingerprint density at radius 3 is 2.89 bits per heavy atom. The molecule has 0 amide bonds. The van der Waals surface area contributed by atoms with Gasteiger partial charge in [-0.2, -0.15) is 4.98 Å². The minimum atomic E-state index is 0.307. The molecule has 4 nitrogen and oxygen atoms in total. The minimum Gasteiger partial charge on any atom is -0.474 e. The van der Waals surface area contributed by atoms with Crippen LogP contribution in [0.2, 0.25) is 0 Å². The van der Waals surface area contributed by atoms with Crippen molar-refractivity contribution in [2.45, 2.75) is 52.6 Å². The molecule has 2 rings (SSSR count). The van der Waals surface area contributed by atoms with E-state index in [9.17, 15) is 0 Å². The van der Waals surface area contributed by atoms with Crippen LogP contribution in [0.1, 0.15) is 45.1 Å². The molecular formula is C14H23N3O. The van der Waals surface area contributed by atoms with Gasteiger partial charge >= 0.3 is 0 Å². The summed E-state index contributed by atoms with van der Waals surface area (Å²) in [6.45, 7) is 7.12. The van der Waals surface area contributed by atoms with Crippen molar-refractivity contribution in [2.24, 2.45) is 5.92 Å². The fourth-order valence-electron chi connectivity index (χ4n) is 2.39. The van der Waals surface area contributed by atoms with E-state index in [-0.39, 0.29) is 0 Å². The largest absolute Gasteiger partial charge is 0.474 e. The Bertz CT molecular complexity index is 395. The number of aromatic nitrogens is 2. The van der Waals surface area contributed by atoms with Gasteiger partial charge < -0.3 is 10.1 Å². The molecule has 1 aromatic heterocycles. The van der Waals surface area contributed by atoms with Gasteiger partial charge in [-0.3, -0.25) is 0 Å². The van der Waals surface area contributed by atoms with Crippen LogP contribution < -0.4 is 10.1 Å². The van der Waals surface area contributed by atoms with Crippen molar-refractivity contribution in [3.05, 3.63) is 11.8 Å². The zero-order chi connectivity index (χ0) is 13.0. The van der Waals surface area contributed by atoms with Gasteiger partial charge in [0.2, 0.25) is 11.8 Å². The van der Waals surface area contributed by atoms with Crippen LogP contribution in [0.25, 0.3) is 0 Å². The SMILES string of the molecule is CCNc1ncc(C)c(OC2CCCCC2C)n1. The van der Waals surface area contributed by atoms with Crippen LogP contribution in [0.15, 0.2) is 6.20 Å². The predicted molar refractivity (Wildman–Crippen MR) is 73.0 cm³/mol. The topological polar surface area (TPSA) is 47.0 Å². The molecular weight excluding hydrogens is 226 g/mol. The fourth-order valence-corrected chi connectivity index (χ4v) is 2.39. The summed E-state index contributed by atoms with van der Waals surface area (Å²) in [5.41, 5.74) is 1.01. The van der Waals surface area contributed by atoms with Gasteiger partial charge in [0.05, 0.1) is 0 Å². The maximum absolute atomic E-state index is 6.09. The molecule has 1 heterocycles. The quantitative estimate of drug-likeness (QED) is 0.890. The number of rotatable bonds is 4. The minimum absolute atomic E-state index is 0.307. The lowest BCUT2D eigenvalue weighted by molar-refractivity contribution is 0.0968. The van der Waals surface area contributed by atoms with Crippen LogP contribution in [0, 0.1) is 12.8 Å². The van der Waals surface area contributed by atoms with Gasteiger partial charge in [-0.1, -0.05) is 13.3 Å². The number of nitrogens with zero attached hydrogens (tertiary/aromatic N) is 2. The van der Waals surface area contributed by atoms with Crippen LogP contribution in [0.3, 0.4) is 0 Å². The van der Waals surface area contributed by atoms with Crippen molar-refractivity contribution in [2.75, 3.05) is 11.9 Å². The third kappa shape index (κ3) is 3.12. The number of anilines is 1. The molecule has 0 bridgehead atoms. The van der Waals surface area contributed by atoms with Crippen molar-refractivity contribution in [1.29, 1.82) is 0 Å². The van der Waals surface area contributed by atoms with Gasteiger partial charge in [-0.15, -0.1) is 0 Å². The van der Waals surface area contributed by atoms with E-state index >= 15 is 0 Å². The highest BCUT2D eigenvalue weighted by Gasteiger charge is 2.24. The van der Waals surface area contributed by atoms with Gasteiger partial charge in [0, 0.05) is 18.3 Å². The highest BCUT2D eigenvalue weighted by Crippen LogP contribution is 2.28. The van der Waals surface area contributed by atoms with Gasteiger partial charge in [-0.05, 0) is 39.0 Å². The lowest BCUT2D eigenvalue weighted by atomic mass is 9.88. The Labute approximate surface area is 109 Å². The normalized spacial score (nSPS) is 23.7. The average molecular weight is 249 g/mol. The molecule has 2 atom stereocenters. The highest BCUT2D eigenvalue weighted by molar-refractivity contribution is 5.32. The molecule has 1 aromatic rings. The molecule has 1 aliphatic rings. The Morgan fingerprint density at radius 1 is 1.39 bits per heavy atom. The van der Waals surface area contributed by atoms with E-state index in [1.54, 1.807) is 0 Å². The van der Waals surface area contributed by atoms with Crippen molar-refractivity contribution < 1.29 is 4.74 Å². The number of nitrogens with one attached hydrogen (secondary N) is 1. The maximum Gasteiger partial charge on any atom is 0.225 e. The Kier molecular flexibility index (Phi) is 4.39. The van der Waals surface area contributed by atoms with Crippen molar-refractivity contribution in [1.82, 2.24) is 9.97 Å². The molecule has 0 radical (unpaired) electrons. The molecule has 4 heteroatoms. The lowest BCUT2D eigenvalue weighted by Crippen LogP contribution is -2.29. The summed E-state index contributed by atoms with van der Waals surface area (Å²) in [4.78, 5) is 8.68. The van der Waals surface area contributed by atoms with Gasteiger partial charge in [0.25, 0.3) is 0 Å².